The number of nitrogens with one attached hydrogen (secondary N) is 1. The molecule has 2 rings (SSSR count). The standard InChI is InChI=1S/C15H16N2O2/c1-3-19-15(18)14(13-11(2)9-10-16-13)17-12-7-5-4-6-8-12/h4-10,16H,3H2,1-2H3. The number of aromatic nitrogens is 1. The molecule has 0 aliphatic carbocycles. The zero-order chi connectivity index (χ0) is 13.7. The first-order valence-corrected chi connectivity index (χ1v) is 6.17. The molecule has 0 saturated carbocycles. The lowest BCUT2D eigenvalue weighted by Crippen LogP contribution is -2.19. The maximum Gasteiger partial charge on any atom is 0.359 e. The van der Waals surface area contributed by atoms with Gasteiger partial charge in [0.2, 0.25) is 0 Å². The van der Waals surface area contributed by atoms with Crippen LogP contribution >= 0.6 is 0 Å². The number of H-pyrrole nitrogens is 1. The Kier molecular flexibility index (Phi) is 4.13. The largest absolute Gasteiger partial charge is 0.461 e. The van der Waals surface area contributed by atoms with E-state index in [-0.39, 0.29) is 0 Å². The number of rotatable bonds is 4. The van der Waals surface area contributed by atoms with Gasteiger partial charge in [0.05, 0.1) is 18.0 Å². The van der Waals surface area contributed by atoms with Crippen LogP contribution in [0.2, 0.25) is 0 Å². The summed E-state index contributed by atoms with van der Waals surface area (Å²) in [6, 6.07) is 11.2. The molecule has 0 atom stereocenters. The number of benzene rings is 1. The van der Waals surface area contributed by atoms with Gasteiger partial charge in [-0.15, -0.1) is 0 Å². The van der Waals surface area contributed by atoms with Gasteiger partial charge >= 0.3 is 5.97 Å². The van der Waals surface area contributed by atoms with E-state index in [1.54, 1.807) is 13.1 Å². The number of carbonyl (C=O) groups excluding carboxylic acids is 1. The van der Waals surface area contributed by atoms with Crippen molar-refractivity contribution in [1.82, 2.24) is 4.98 Å². The third kappa shape index (κ3) is 3.10. The van der Waals surface area contributed by atoms with E-state index in [0.29, 0.717) is 18.0 Å². The number of ether oxygens (including phenoxy) is 1. The molecule has 1 N–H and O–H groups in total. The molecule has 1 heterocycles. The molecule has 0 amide bonds. The molecule has 98 valence electrons. The molecule has 4 heteroatoms. The summed E-state index contributed by atoms with van der Waals surface area (Å²) in [7, 11) is 0. The minimum atomic E-state index is -0.420. The Morgan fingerprint density at radius 1 is 1.26 bits per heavy atom. The smallest absolute Gasteiger partial charge is 0.359 e. The Labute approximate surface area is 112 Å². The average Bonchev–Trinajstić information content (AvgIpc) is 2.83. The van der Waals surface area contributed by atoms with Crippen molar-refractivity contribution in [3.05, 3.63) is 53.9 Å². The molecule has 0 saturated heterocycles. The second kappa shape index (κ2) is 6.00. The van der Waals surface area contributed by atoms with Crippen LogP contribution in [0.15, 0.2) is 47.6 Å². The molecule has 0 bridgehead atoms. The van der Waals surface area contributed by atoms with Crippen molar-refractivity contribution in [3.8, 4) is 0 Å². The summed E-state index contributed by atoms with van der Waals surface area (Å²) in [4.78, 5) is 19.4. The van der Waals surface area contributed by atoms with E-state index in [0.717, 1.165) is 11.3 Å². The van der Waals surface area contributed by atoms with Gasteiger partial charge in [-0.3, -0.25) is 0 Å². The van der Waals surface area contributed by atoms with Crippen LogP contribution in [-0.4, -0.2) is 23.3 Å². The highest BCUT2D eigenvalue weighted by atomic mass is 16.5. The number of para-hydroxylation sites is 1. The molecule has 0 unspecified atom stereocenters. The van der Waals surface area contributed by atoms with Crippen molar-refractivity contribution in [2.75, 3.05) is 6.61 Å². The molecular weight excluding hydrogens is 240 g/mol. The van der Waals surface area contributed by atoms with Crippen LogP contribution in [0.5, 0.6) is 0 Å². The summed E-state index contributed by atoms with van der Waals surface area (Å²) in [6.07, 6.45) is 1.78. The van der Waals surface area contributed by atoms with E-state index in [1.165, 1.54) is 0 Å². The van der Waals surface area contributed by atoms with Crippen LogP contribution < -0.4 is 0 Å². The fourth-order valence-corrected chi connectivity index (χ4v) is 1.74. The number of hydrogen-bond acceptors (Lipinski definition) is 3. The van der Waals surface area contributed by atoms with Crippen molar-refractivity contribution in [2.45, 2.75) is 13.8 Å². The number of aliphatic imine (C=N–C) groups is 1. The third-order valence-corrected chi connectivity index (χ3v) is 2.66. The monoisotopic (exact) mass is 256 g/mol. The summed E-state index contributed by atoms with van der Waals surface area (Å²) in [5, 5.41) is 0. The number of aryl methyl sites for hydroxylation is 1. The molecular formula is C15H16N2O2. The fraction of sp³-hybridized carbons (Fsp3) is 0.200. The maximum atomic E-state index is 12.0. The lowest BCUT2D eigenvalue weighted by Gasteiger charge is -2.06. The molecule has 0 aliphatic heterocycles. The number of nitrogens with zero attached hydrogens (tertiary/aromatic N) is 1. The van der Waals surface area contributed by atoms with Crippen molar-refractivity contribution >= 4 is 17.4 Å². The lowest BCUT2D eigenvalue weighted by atomic mass is 10.2. The van der Waals surface area contributed by atoms with Crippen LogP contribution in [-0.2, 0) is 9.53 Å². The van der Waals surface area contributed by atoms with Crippen LogP contribution in [0.4, 0.5) is 5.69 Å². The quantitative estimate of drug-likeness (QED) is 0.675. The Morgan fingerprint density at radius 2 is 2.00 bits per heavy atom. The molecule has 1 aromatic carbocycles. The lowest BCUT2D eigenvalue weighted by molar-refractivity contribution is -0.134. The Balaban J connectivity index is 2.43. The van der Waals surface area contributed by atoms with Crippen molar-refractivity contribution in [3.63, 3.8) is 0 Å². The van der Waals surface area contributed by atoms with E-state index >= 15 is 0 Å². The third-order valence-electron chi connectivity index (χ3n) is 2.66. The van der Waals surface area contributed by atoms with Crippen molar-refractivity contribution in [1.29, 1.82) is 0 Å². The normalized spacial score (nSPS) is 11.4. The highest BCUT2D eigenvalue weighted by Gasteiger charge is 2.18. The summed E-state index contributed by atoms with van der Waals surface area (Å²) in [5.74, 6) is -0.420. The van der Waals surface area contributed by atoms with Gasteiger partial charge in [-0.2, -0.15) is 0 Å². The zero-order valence-corrected chi connectivity index (χ0v) is 11.0. The van der Waals surface area contributed by atoms with Crippen LogP contribution in [0, 0.1) is 6.92 Å². The first kappa shape index (κ1) is 13.1. The average molecular weight is 256 g/mol. The minimum Gasteiger partial charge on any atom is -0.461 e. The number of esters is 1. The summed E-state index contributed by atoms with van der Waals surface area (Å²) in [5.41, 5.74) is 2.68. The zero-order valence-electron chi connectivity index (χ0n) is 11.0. The Hall–Kier alpha value is -2.36. The van der Waals surface area contributed by atoms with Crippen LogP contribution in [0.25, 0.3) is 0 Å². The summed E-state index contributed by atoms with van der Waals surface area (Å²) >= 11 is 0. The van der Waals surface area contributed by atoms with E-state index < -0.39 is 5.97 Å². The van der Waals surface area contributed by atoms with E-state index in [2.05, 4.69) is 9.98 Å². The number of aromatic amines is 1. The first-order chi connectivity index (χ1) is 9.22. The Morgan fingerprint density at radius 3 is 2.58 bits per heavy atom. The highest BCUT2D eigenvalue weighted by Crippen LogP contribution is 2.15. The number of carbonyl (C=O) groups is 1. The van der Waals surface area contributed by atoms with Gasteiger partial charge in [-0.05, 0) is 37.6 Å². The molecule has 0 radical (unpaired) electrons. The molecule has 1 aromatic heterocycles. The van der Waals surface area contributed by atoms with Gasteiger partial charge in [-0.1, -0.05) is 18.2 Å². The molecule has 4 nitrogen and oxygen atoms in total. The SMILES string of the molecule is CCOC(=O)C(=Nc1ccccc1)c1[nH]ccc1C. The van der Waals surface area contributed by atoms with Gasteiger partial charge in [0.1, 0.15) is 0 Å². The summed E-state index contributed by atoms with van der Waals surface area (Å²) < 4.78 is 5.07. The van der Waals surface area contributed by atoms with Crippen molar-refractivity contribution < 1.29 is 9.53 Å². The maximum absolute atomic E-state index is 12.0. The molecule has 0 fully saturated rings. The molecule has 2 aromatic rings. The second-order valence-corrected chi connectivity index (χ2v) is 4.05. The highest BCUT2D eigenvalue weighted by molar-refractivity contribution is 6.43. The van der Waals surface area contributed by atoms with Crippen molar-refractivity contribution in [2.24, 2.45) is 4.99 Å². The van der Waals surface area contributed by atoms with Gasteiger partial charge in [0, 0.05) is 6.20 Å². The van der Waals surface area contributed by atoms with E-state index in [9.17, 15) is 4.79 Å². The molecule has 0 aliphatic rings. The van der Waals surface area contributed by atoms with Gasteiger partial charge in [0.15, 0.2) is 5.71 Å². The Bertz CT molecular complexity index is 585. The van der Waals surface area contributed by atoms with Crippen LogP contribution in [0.1, 0.15) is 18.2 Å². The fourth-order valence-electron chi connectivity index (χ4n) is 1.74. The number of hydrogen-bond donors (Lipinski definition) is 1. The summed E-state index contributed by atoms with van der Waals surface area (Å²) in [6.45, 7) is 4.03. The second-order valence-electron chi connectivity index (χ2n) is 4.05. The predicted octanol–water partition coefficient (Wildman–Crippen LogP) is 3.01. The van der Waals surface area contributed by atoms with E-state index in [4.69, 9.17) is 4.74 Å². The van der Waals surface area contributed by atoms with Gasteiger partial charge in [0.25, 0.3) is 0 Å². The predicted molar refractivity (Wildman–Crippen MR) is 74.8 cm³/mol. The van der Waals surface area contributed by atoms with Gasteiger partial charge < -0.3 is 9.72 Å². The first-order valence-electron chi connectivity index (χ1n) is 6.17. The topological polar surface area (TPSA) is 54.4 Å². The minimum absolute atomic E-state index is 0.301. The van der Waals surface area contributed by atoms with E-state index in [1.807, 2.05) is 43.3 Å². The van der Waals surface area contributed by atoms with Gasteiger partial charge in [-0.25, -0.2) is 9.79 Å². The molecule has 19 heavy (non-hydrogen) atoms. The van der Waals surface area contributed by atoms with Crippen LogP contribution in [0.3, 0.4) is 0 Å². The molecule has 0 spiro atoms.